The molecule has 0 radical (unpaired) electrons. The second-order valence-corrected chi connectivity index (χ2v) is 3.27. The van der Waals surface area contributed by atoms with Crippen molar-refractivity contribution < 1.29 is 40.5 Å². The summed E-state index contributed by atoms with van der Waals surface area (Å²) in [6, 6.07) is 5.00. The van der Waals surface area contributed by atoms with E-state index < -0.39 is 20.8 Å². The Morgan fingerprint density at radius 2 is 1.75 bits per heavy atom. The molecule has 0 heterocycles. The monoisotopic (exact) mass is 280 g/mol. The predicted octanol–water partition coefficient (Wildman–Crippen LogP) is 0.294. The van der Waals surface area contributed by atoms with E-state index in [1.54, 1.807) is 0 Å². The van der Waals surface area contributed by atoms with E-state index in [2.05, 4.69) is 0 Å². The Morgan fingerprint density at radius 1 is 1.25 bits per heavy atom. The van der Waals surface area contributed by atoms with Gasteiger partial charge in [0, 0.05) is 0 Å². The third-order valence-corrected chi connectivity index (χ3v) is 2.02. The summed E-state index contributed by atoms with van der Waals surface area (Å²) < 4.78 is 31.0. The molecule has 0 fully saturated rings. The summed E-state index contributed by atoms with van der Waals surface area (Å²) in [6.07, 6.45) is 0. The van der Waals surface area contributed by atoms with Crippen molar-refractivity contribution in [3.8, 4) is 5.75 Å². The molecule has 1 rings (SSSR count). The molecule has 0 amide bonds. The largest absolute Gasteiger partial charge is 1.00 e. The molecule has 0 spiro atoms. The zero-order valence-electron chi connectivity index (χ0n) is 5.69. The standard InChI is InChI=1S/C6H6O4S.Ag/c7-5-3-1-2-4-6(5)11(8,9)10;/h1-4,7H,(H,8,9,10);/q;+1/p-1. The molecule has 0 bridgehead atoms. The Morgan fingerprint density at radius 3 is 2.08 bits per heavy atom. The molecule has 0 aliphatic heterocycles. The van der Waals surface area contributed by atoms with Crippen molar-refractivity contribution in [2.75, 3.05) is 0 Å². The van der Waals surface area contributed by atoms with Crippen LogP contribution in [0.3, 0.4) is 0 Å². The van der Waals surface area contributed by atoms with Crippen LogP contribution in [0.4, 0.5) is 0 Å². The fourth-order valence-electron chi connectivity index (χ4n) is 0.669. The van der Waals surface area contributed by atoms with Crippen molar-refractivity contribution in [2.45, 2.75) is 4.90 Å². The number of benzene rings is 1. The van der Waals surface area contributed by atoms with Gasteiger partial charge in [-0.3, -0.25) is 0 Å². The van der Waals surface area contributed by atoms with Crippen molar-refractivity contribution in [1.29, 1.82) is 0 Å². The molecular weight excluding hydrogens is 276 g/mol. The van der Waals surface area contributed by atoms with E-state index in [4.69, 9.17) is 5.11 Å². The summed E-state index contributed by atoms with van der Waals surface area (Å²) in [5.74, 6) is -0.512. The minimum atomic E-state index is -4.53. The van der Waals surface area contributed by atoms with Gasteiger partial charge in [0.2, 0.25) is 0 Å². The molecule has 0 saturated heterocycles. The van der Waals surface area contributed by atoms with Gasteiger partial charge in [-0.15, -0.1) is 0 Å². The third kappa shape index (κ3) is 2.62. The van der Waals surface area contributed by atoms with E-state index in [1.165, 1.54) is 12.1 Å². The van der Waals surface area contributed by atoms with Crippen LogP contribution in [0.25, 0.3) is 0 Å². The minimum Gasteiger partial charge on any atom is -0.744 e. The van der Waals surface area contributed by atoms with Crippen LogP contribution in [0, 0.1) is 0 Å². The SMILES string of the molecule is O=S(=O)([O-])c1ccccc1O.[Ag+]. The number of phenolic OH excluding ortho intramolecular Hbond substituents is 1. The maximum absolute atomic E-state index is 10.3. The van der Waals surface area contributed by atoms with Gasteiger partial charge in [0.05, 0.1) is 4.90 Å². The van der Waals surface area contributed by atoms with Gasteiger partial charge in [-0.05, 0) is 12.1 Å². The molecule has 0 aliphatic rings. The first kappa shape index (κ1) is 11.7. The summed E-state index contributed by atoms with van der Waals surface area (Å²) in [6.45, 7) is 0. The van der Waals surface area contributed by atoms with Gasteiger partial charge >= 0.3 is 22.4 Å². The van der Waals surface area contributed by atoms with E-state index in [-0.39, 0.29) is 22.4 Å². The Bertz CT molecular complexity index is 360. The second-order valence-electron chi connectivity index (χ2n) is 1.92. The fourth-order valence-corrected chi connectivity index (χ4v) is 1.24. The first-order valence-electron chi connectivity index (χ1n) is 2.76. The molecule has 0 atom stereocenters. The molecule has 0 aromatic heterocycles. The zero-order valence-corrected chi connectivity index (χ0v) is 7.99. The summed E-state index contributed by atoms with van der Waals surface area (Å²) in [5.41, 5.74) is 0. The average Bonchev–Trinajstić information content (AvgIpc) is 1.86. The Labute approximate surface area is 85.5 Å². The van der Waals surface area contributed by atoms with Crippen molar-refractivity contribution >= 4 is 10.1 Å². The van der Waals surface area contributed by atoms with Crippen LogP contribution in [0.1, 0.15) is 0 Å². The van der Waals surface area contributed by atoms with Gasteiger partial charge in [0.25, 0.3) is 0 Å². The average molecular weight is 281 g/mol. The van der Waals surface area contributed by atoms with E-state index in [0.717, 1.165) is 12.1 Å². The zero-order chi connectivity index (χ0) is 8.48. The van der Waals surface area contributed by atoms with Crippen LogP contribution in [0.5, 0.6) is 5.75 Å². The molecule has 6 heteroatoms. The quantitative estimate of drug-likeness (QED) is 0.593. The number of hydrogen-bond donors (Lipinski definition) is 1. The smallest absolute Gasteiger partial charge is 0.744 e. The molecule has 0 aliphatic carbocycles. The summed E-state index contributed by atoms with van der Waals surface area (Å²) in [4.78, 5) is -0.583. The summed E-state index contributed by atoms with van der Waals surface area (Å²) in [7, 11) is -4.53. The molecule has 0 unspecified atom stereocenters. The van der Waals surface area contributed by atoms with Crippen LogP contribution in [-0.2, 0) is 32.5 Å². The molecule has 70 valence electrons. The van der Waals surface area contributed by atoms with Gasteiger partial charge in [-0.1, -0.05) is 12.1 Å². The first-order chi connectivity index (χ1) is 5.02. The molecule has 0 saturated carbocycles. The van der Waals surface area contributed by atoms with Gasteiger partial charge in [-0.25, -0.2) is 8.42 Å². The minimum absolute atomic E-state index is 0. The van der Waals surface area contributed by atoms with E-state index in [9.17, 15) is 13.0 Å². The molecule has 12 heavy (non-hydrogen) atoms. The van der Waals surface area contributed by atoms with E-state index in [1.807, 2.05) is 0 Å². The van der Waals surface area contributed by atoms with Crippen LogP contribution < -0.4 is 0 Å². The Kier molecular flexibility index (Phi) is 3.95. The number of phenols is 1. The summed E-state index contributed by atoms with van der Waals surface area (Å²) >= 11 is 0. The molecule has 4 nitrogen and oxygen atoms in total. The predicted molar refractivity (Wildman–Crippen MR) is 36.1 cm³/mol. The number of para-hydroxylation sites is 1. The maximum Gasteiger partial charge on any atom is 1.00 e. The normalized spacial score (nSPS) is 10.4. The van der Waals surface area contributed by atoms with E-state index >= 15 is 0 Å². The first-order valence-corrected chi connectivity index (χ1v) is 4.16. The second kappa shape index (κ2) is 4.06. The Balaban J connectivity index is 0.00000121. The van der Waals surface area contributed by atoms with Crippen LogP contribution in [0.15, 0.2) is 29.2 Å². The Hall–Kier alpha value is -0.330. The third-order valence-electron chi connectivity index (χ3n) is 1.13. The van der Waals surface area contributed by atoms with Crippen molar-refractivity contribution in [2.24, 2.45) is 0 Å². The number of aromatic hydroxyl groups is 1. The van der Waals surface area contributed by atoms with E-state index in [0.29, 0.717) is 0 Å². The van der Waals surface area contributed by atoms with Crippen molar-refractivity contribution in [3.63, 3.8) is 0 Å². The van der Waals surface area contributed by atoms with Gasteiger partial charge in [0.1, 0.15) is 15.9 Å². The topological polar surface area (TPSA) is 77.4 Å². The number of rotatable bonds is 1. The fraction of sp³-hybridized carbons (Fsp3) is 0. The van der Waals surface area contributed by atoms with Gasteiger partial charge in [-0.2, -0.15) is 0 Å². The maximum atomic E-state index is 10.3. The van der Waals surface area contributed by atoms with Crippen LogP contribution >= 0.6 is 0 Å². The number of hydrogen-bond acceptors (Lipinski definition) is 4. The van der Waals surface area contributed by atoms with Gasteiger partial charge < -0.3 is 9.66 Å². The van der Waals surface area contributed by atoms with Crippen LogP contribution in [-0.4, -0.2) is 18.1 Å². The van der Waals surface area contributed by atoms with Gasteiger partial charge in [0.15, 0.2) is 0 Å². The summed E-state index contributed by atoms with van der Waals surface area (Å²) in [5, 5.41) is 8.87. The van der Waals surface area contributed by atoms with Crippen LogP contribution in [0.2, 0.25) is 0 Å². The molecular formula is C6H5AgO4S. The molecule has 1 aromatic carbocycles. The molecule has 1 N–H and O–H groups in total. The van der Waals surface area contributed by atoms with Crippen molar-refractivity contribution in [3.05, 3.63) is 24.3 Å². The van der Waals surface area contributed by atoms with Crippen molar-refractivity contribution in [1.82, 2.24) is 0 Å². The molecule has 1 aromatic rings.